The van der Waals surface area contributed by atoms with Crippen LogP contribution < -0.4 is 0 Å². The maximum absolute atomic E-state index is 9.30. The Balaban J connectivity index is 2.32. The molecule has 2 rings (SSSR count). The van der Waals surface area contributed by atoms with Gasteiger partial charge in [-0.1, -0.05) is 53.2 Å². The average molecular weight is 299 g/mol. The zero-order valence-electron chi connectivity index (χ0n) is 10.1. The molecule has 0 aromatic heterocycles. The summed E-state index contributed by atoms with van der Waals surface area (Å²) < 4.78 is 6.08. The normalized spacial score (nSPS) is 30.4. The highest BCUT2D eigenvalue weighted by Gasteiger charge is 2.45. The molecule has 1 aromatic carbocycles. The summed E-state index contributed by atoms with van der Waals surface area (Å²) >= 11 is 3.75. The van der Waals surface area contributed by atoms with Crippen LogP contribution in [0.25, 0.3) is 0 Å². The van der Waals surface area contributed by atoms with E-state index in [4.69, 9.17) is 4.74 Å². The highest BCUT2D eigenvalue weighted by atomic mass is 79.9. The fraction of sp³-hybridized carbons (Fsp3) is 0.571. The lowest BCUT2D eigenvalue weighted by atomic mass is 9.84. The van der Waals surface area contributed by atoms with Gasteiger partial charge in [0, 0.05) is 17.4 Å². The SMILES string of the molecule is CC[C@@H](Br)[C@]1(c2ccccc2)C[C@H](CO)CO1. The van der Waals surface area contributed by atoms with Crippen molar-refractivity contribution in [2.75, 3.05) is 13.2 Å². The van der Waals surface area contributed by atoms with Crippen molar-refractivity contribution in [1.29, 1.82) is 0 Å². The molecule has 1 fully saturated rings. The molecule has 1 saturated heterocycles. The molecule has 0 aliphatic carbocycles. The van der Waals surface area contributed by atoms with E-state index in [1.54, 1.807) is 0 Å². The first-order valence-corrected chi connectivity index (χ1v) is 7.09. The Labute approximate surface area is 111 Å². The van der Waals surface area contributed by atoms with Crippen LogP contribution in [0.4, 0.5) is 0 Å². The van der Waals surface area contributed by atoms with Crippen LogP contribution in [-0.4, -0.2) is 23.1 Å². The van der Waals surface area contributed by atoms with Crippen molar-refractivity contribution in [3.63, 3.8) is 0 Å². The molecular weight excluding hydrogens is 280 g/mol. The van der Waals surface area contributed by atoms with Gasteiger partial charge in [-0.3, -0.25) is 0 Å². The van der Waals surface area contributed by atoms with Crippen molar-refractivity contribution in [2.24, 2.45) is 5.92 Å². The number of hydrogen-bond acceptors (Lipinski definition) is 2. The van der Waals surface area contributed by atoms with Gasteiger partial charge in [-0.2, -0.15) is 0 Å². The van der Waals surface area contributed by atoms with Crippen molar-refractivity contribution >= 4 is 15.9 Å². The van der Waals surface area contributed by atoms with Crippen LogP contribution in [0.1, 0.15) is 25.3 Å². The van der Waals surface area contributed by atoms with Crippen LogP contribution in [0.15, 0.2) is 30.3 Å². The number of benzene rings is 1. The number of hydrogen-bond donors (Lipinski definition) is 1. The number of aliphatic hydroxyl groups excluding tert-OH is 1. The van der Waals surface area contributed by atoms with E-state index in [2.05, 4.69) is 35.0 Å². The second kappa shape index (κ2) is 5.51. The fourth-order valence-corrected chi connectivity index (χ4v) is 3.16. The van der Waals surface area contributed by atoms with E-state index in [1.807, 2.05) is 18.2 Å². The first kappa shape index (κ1) is 13.1. The van der Waals surface area contributed by atoms with Gasteiger partial charge in [-0.25, -0.2) is 0 Å². The van der Waals surface area contributed by atoms with Gasteiger partial charge in [-0.05, 0) is 18.4 Å². The highest BCUT2D eigenvalue weighted by Crippen LogP contribution is 2.45. The molecule has 3 atom stereocenters. The monoisotopic (exact) mass is 298 g/mol. The molecule has 0 spiro atoms. The first-order valence-electron chi connectivity index (χ1n) is 6.17. The maximum atomic E-state index is 9.30. The van der Waals surface area contributed by atoms with Crippen LogP contribution >= 0.6 is 15.9 Å². The summed E-state index contributed by atoms with van der Waals surface area (Å²) in [5.41, 5.74) is 0.934. The largest absolute Gasteiger partial charge is 0.396 e. The van der Waals surface area contributed by atoms with Gasteiger partial charge in [-0.15, -0.1) is 0 Å². The quantitative estimate of drug-likeness (QED) is 0.866. The summed E-state index contributed by atoms with van der Waals surface area (Å²) in [4.78, 5) is 0.286. The molecular formula is C14H19BrO2. The van der Waals surface area contributed by atoms with Crippen LogP contribution in [-0.2, 0) is 10.3 Å². The van der Waals surface area contributed by atoms with Crippen molar-refractivity contribution in [3.05, 3.63) is 35.9 Å². The lowest BCUT2D eigenvalue weighted by molar-refractivity contribution is -0.00222. The molecule has 0 saturated carbocycles. The lowest BCUT2D eigenvalue weighted by Crippen LogP contribution is -2.35. The second-order valence-corrected chi connectivity index (χ2v) is 5.80. The molecule has 3 heteroatoms. The Hall–Kier alpha value is -0.380. The molecule has 2 nitrogen and oxygen atoms in total. The lowest BCUT2D eigenvalue weighted by Gasteiger charge is -2.33. The number of alkyl halides is 1. The number of aliphatic hydroxyl groups is 1. The summed E-state index contributed by atoms with van der Waals surface area (Å²) in [5, 5.41) is 9.30. The maximum Gasteiger partial charge on any atom is 0.106 e. The van der Waals surface area contributed by atoms with Gasteiger partial charge in [0.2, 0.25) is 0 Å². The van der Waals surface area contributed by atoms with Crippen LogP contribution in [0, 0.1) is 5.92 Å². The third kappa shape index (κ3) is 2.42. The predicted octanol–water partition coefficient (Wildman–Crippen LogP) is 3.08. The molecule has 0 unspecified atom stereocenters. The van der Waals surface area contributed by atoms with E-state index >= 15 is 0 Å². The minimum atomic E-state index is -0.274. The molecule has 1 heterocycles. The Morgan fingerprint density at radius 3 is 2.71 bits per heavy atom. The van der Waals surface area contributed by atoms with E-state index in [-0.39, 0.29) is 23.0 Å². The standard InChI is InChI=1S/C14H19BrO2/c1-2-13(15)14(8-11(9-16)10-17-14)12-6-4-3-5-7-12/h3-7,11,13,16H,2,8-10H2,1H3/t11-,13-,14-/m1/s1. The van der Waals surface area contributed by atoms with Crippen molar-refractivity contribution in [3.8, 4) is 0 Å². The number of rotatable bonds is 4. The third-order valence-corrected chi connectivity index (χ3v) is 4.94. The minimum absolute atomic E-state index is 0.206. The molecule has 1 aliphatic rings. The van der Waals surface area contributed by atoms with Crippen molar-refractivity contribution in [1.82, 2.24) is 0 Å². The Kier molecular flexibility index (Phi) is 4.23. The fourth-order valence-electron chi connectivity index (χ4n) is 2.58. The van der Waals surface area contributed by atoms with E-state index in [9.17, 15) is 5.11 Å². The smallest absolute Gasteiger partial charge is 0.106 e. The Bertz CT molecular complexity index is 354. The molecule has 0 amide bonds. The van der Waals surface area contributed by atoms with Crippen molar-refractivity contribution < 1.29 is 9.84 Å². The van der Waals surface area contributed by atoms with Gasteiger partial charge in [0.1, 0.15) is 5.60 Å². The Morgan fingerprint density at radius 2 is 2.18 bits per heavy atom. The van der Waals surface area contributed by atoms with Crippen LogP contribution in [0.2, 0.25) is 0 Å². The molecule has 94 valence electrons. The number of ether oxygens (including phenoxy) is 1. The molecule has 0 radical (unpaired) electrons. The summed E-state index contributed by atoms with van der Waals surface area (Å²) in [6.07, 6.45) is 1.89. The molecule has 0 bridgehead atoms. The first-order chi connectivity index (χ1) is 8.23. The van der Waals surface area contributed by atoms with Gasteiger partial charge < -0.3 is 9.84 Å². The van der Waals surface area contributed by atoms with E-state index in [0.717, 1.165) is 12.8 Å². The average Bonchev–Trinajstić information content (AvgIpc) is 2.84. The second-order valence-electron chi connectivity index (χ2n) is 4.70. The summed E-state index contributed by atoms with van der Waals surface area (Å²) in [6, 6.07) is 10.3. The highest BCUT2D eigenvalue weighted by molar-refractivity contribution is 9.09. The van der Waals surface area contributed by atoms with E-state index in [0.29, 0.717) is 6.61 Å². The van der Waals surface area contributed by atoms with Crippen LogP contribution in [0.3, 0.4) is 0 Å². The molecule has 17 heavy (non-hydrogen) atoms. The van der Waals surface area contributed by atoms with E-state index < -0.39 is 0 Å². The minimum Gasteiger partial charge on any atom is -0.396 e. The van der Waals surface area contributed by atoms with Crippen molar-refractivity contribution in [2.45, 2.75) is 30.2 Å². The van der Waals surface area contributed by atoms with Crippen LogP contribution in [0.5, 0.6) is 0 Å². The summed E-state index contributed by atoms with van der Waals surface area (Å²) in [7, 11) is 0. The van der Waals surface area contributed by atoms with Gasteiger partial charge >= 0.3 is 0 Å². The zero-order valence-corrected chi connectivity index (χ0v) is 11.7. The molecule has 1 N–H and O–H groups in total. The predicted molar refractivity (Wildman–Crippen MR) is 72.3 cm³/mol. The third-order valence-electron chi connectivity index (χ3n) is 3.55. The van der Waals surface area contributed by atoms with Gasteiger partial charge in [0.25, 0.3) is 0 Å². The topological polar surface area (TPSA) is 29.5 Å². The molecule has 1 aliphatic heterocycles. The summed E-state index contributed by atoms with van der Waals surface area (Å²) in [5.74, 6) is 0.252. The van der Waals surface area contributed by atoms with E-state index in [1.165, 1.54) is 5.56 Å². The number of halogens is 1. The van der Waals surface area contributed by atoms with Gasteiger partial charge in [0.15, 0.2) is 0 Å². The Morgan fingerprint density at radius 1 is 1.47 bits per heavy atom. The summed E-state index contributed by atoms with van der Waals surface area (Å²) in [6.45, 7) is 3.01. The zero-order chi connectivity index (χ0) is 12.3. The van der Waals surface area contributed by atoms with Gasteiger partial charge in [0.05, 0.1) is 6.61 Å². The molecule has 1 aromatic rings.